The van der Waals surface area contributed by atoms with Gasteiger partial charge in [-0.25, -0.2) is 4.79 Å². The average Bonchev–Trinajstić information content (AvgIpc) is 3.04. The third-order valence-electron chi connectivity index (χ3n) is 3.71. The summed E-state index contributed by atoms with van der Waals surface area (Å²) in [6, 6.07) is 12.6. The van der Waals surface area contributed by atoms with E-state index in [-0.39, 0.29) is 16.1 Å². The van der Waals surface area contributed by atoms with Crippen LogP contribution >= 0.6 is 11.6 Å². The third-order valence-corrected chi connectivity index (χ3v) is 4.04. The van der Waals surface area contributed by atoms with Crippen LogP contribution in [-0.4, -0.2) is 16.1 Å². The first kappa shape index (κ1) is 17.1. The van der Waals surface area contributed by atoms with E-state index in [1.807, 2.05) is 0 Å². The fourth-order valence-electron chi connectivity index (χ4n) is 2.42. The van der Waals surface area contributed by atoms with E-state index in [0.29, 0.717) is 17.0 Å². The first-order valence-electron chi connectivity index (χ1n) is 7.15. The molecule has 25 heavy (non-hydrogen) atoms. The summed E-state index contributed by atoms with van der Waals surface area (Å²) in [6.45, 7) is 0. The zero-order chi connectivity index (χ0) is 18.2. The van der Waals surface area contributed by atoms with Crippen molar-refractivity contribution in [3.8, 4) is 22.5 Å². The molecular weight excluding hydrogens is 355 g/mol. The molecule has 0 aliphatic heterocycles. The monoisotopic (exact) mass is 365 g/mol. The Kier molecular flexibility index (Phi) is 4.30. The third kappa shape index (κ3) is 3.53. The van der Waals surface area contributed by atoms with Gasteiger partial charge in [-0.05, 0) is 48.0 Å². The Hall–Kier alpha value is -2.73. The minimum absolute atomic E-state index is 0.149. The Morgan fingerprint density at radius 1 is 0.960 bits per heavy atom. The van der Waals surface area contributed by atoms with Crippen molar-refractivity contribution in [3.63, 3.8) is 0 Å². The number of carboxylic acids is 1. The zero-order valence-corrected chi connectivity index (χ0v) is 13.3. The number of hydrogen-bond acceptors (Lipinski definition) is 1. The van der Waals surface area contributed by atoms with Crippen LogP contribution in [0.4, 0.5) is 13.2 Å². The minimum atomic E-state index is -4.46. The number of carboxylic acid groups (broad SMARTS) is 1. The maximum absolute atomic E-state index is 12.9. The molecule has 0 saturated carbocycles. The Morgan fingerprint density at radius 2 is 1.60 bits per heavy atom. The van der Waals surface area contributed by atoms with Gasteiger partial charge in [0.25, 0.3) is 0 Å². The molecule has 0 saturated heterocycles. The molecule has 0 fully saturated rings. The van der Waals surface area contributed by atoms with E-state index in [2.05, 4.69) is 4.98 Å². The van der Waals surface area contributed by atoms with Crippen molar-refractivity contribution in [2.75, 3.05) is 0 Å². The van der Waals surface area contributed by atoms with Crippen LogP contribution in [0.3, 0.4) is 0 Å². The van der Waals surface area contributed by atoms with E-state index in [0.717, 1.165) is 12.1 Å². The second-order valence-corrected chi connectivity index (χ2v) is 5.77. The van der Waals surface area contributed by atoms with Crippen LogP contribution in [0.2, 0.25) is 5.02 Å². The second-order valence-electron chi connectivity index (χ2n) is 5.36. The molecular formula is C18H11ClF3NO2. The highest BCUT2D eigenvalue weighted by atomic mass is 35.5. The number of carbonyl (C=O) groups is 1. The molecule has 3 rings (SSSR count). The van der Waals surface area contributed by atoms with E-state index < -0.39 is 17.7 Å². The number of H-pyrrole nitrogens is 1. The number of aromatic carboxylic acids is 1. The SMILES string of the molecule is O=C(O)c1ccc(-c2ccc(-c3cc(C(F)(F)F)ccc3Cl)[nH]2)cc1. The number of benzene rings is 2. The summed E-state index contributed by atoms with van der Waals surface area (Å²) in [4.78, 5) is 13.9. The van der Waals surface area contributed by atoms with Gasteiger partial charge < -0.3 is 10.1 Å². The molecule has 0 unspecified atom stereocenters. The van der Waals surface area contributed by atoms with E-state index >= 15 is 0 Å². The van der Waals surface area contributed by atoms with Crippen molar-refractivity contribution in [1.29, 1.82) is 0 Å². The number of alkyl halides is 3. The van der Waals surface area contributed by atoms with Crippen LogP contribution in [0.5, 0.6) is 0 Å². The van der Waals surface area contributed by atoms with Crippen molar-refractivity contribution >= 4 is 17.6 Å². The lowest BCUT2D eigenvalue weighted by Crippen LogP contribution is -2.04. The van der Waals surface area contributed by atoms with E-state index in [4.69, 9.17) is 16.7 Å². The molecule has 0 aliphatic rings. The van der Waals surface area contributed by atoms with Gasteiger partial charge >= 0.3 is 12.1 Å². The smallest absolute Gasteiger partial charge is 0.416 e. The maximum atomic E-state index is 12.9. The number of aromatic nitrogens is 1. The summed E-state index contributed by atoms with van der Waals surface area (Å²) in [5, 5.41) is 9.10. The van der Waals surface area contributed by atoms with Gasteiger partial charge in [0.2, 0.25) is 0 Å². The predicted octanol–water partition coefficient (Wildman–Crippen LogP) is 5.72. The zero-order valence-electron chi connectivity index (χ0n) is 12.6. The fourth-order valence-corrected chi connectivity index (χ4v) is 2.64. The largest absolute Gasteiger partial charge is 0.478 e. The number of nitrogens with one attached hydrogen (secondary N) is 1. The van der Waals surface area contributed by atoms with E-state index in [1.165, 1.54) is 18.2 Å². The minimum Gasteiger partial charge on any atom is -0.478 e. The van der Waals surface area contributed by atoms with Gasteiger partial charge in [0.1, 0.15) is 0 Å². The first-order valence-corrected chi connectivity index (χ1v) is 7.53. The molecule has 2 aromatic carbocycles. The van der Waals surface area contributed by atoms with Crippen molar-refractivity contribution in [2.45, 2.75) is 6.18 Å². The average molecular weight is 366 g/mol. The summed E-state index contributed by atoms with van der Waals surface area (Å²) in [5.41, 5.74) is 1.39. The summed E-state index contributed by atoms with van der Waals surface area (Å²) < 4.78 is 38.7. The lowest BCUT2D eigenvalue weighted by atomic mass is 10.1. The molecule has 128 valence electrons. The van der Waals surface area contributed by atoms with Gasteiger partial charge in [0.15, 0.2) is 0 Å². The molecule has 0 bridgehead atoms. The van der Waals surface area contributed by atoms with Gasteiger partial charge in [-0.1, -0.05) is 23.7 Å². The van der Waals surface area contributed by atoms with Crippen LogP contribution in [0.15, 0.2) is 54.6 Å². The summed E-state index contributed by atoms with van der Waals surface area (Å²) in [5.74, 6) is -1.03. The Balaban J connectivity index is 1.97. The highest BCUT2D eigenvalue weighted by molar-refractivity contribution is 6.33. The molecule has 0 amide bonds. The number of aromatic amines is 1. The summed E-state index contributed by atoms with van der Waals surface area (Å²) in [7, 11) is 0. The Morgan fingerprint density at radius 3 is 2.20 bits per heavy atom. The Bertz CT molecular complexity index is 930. The summed E-state index contributed by atoms with van der Waals surface area (Å²) >= 11 is 6.04. The second kappa shape index (κ2) is 6.29. The number of hydrogen-bond donors (Lipinski definition) is 2. The first-order chi connectivity index (χ1) is 11.8. The molecule has 3 nitrogen and oxygen atoms in total. The van der Waals surface area contributed by atoms with E-state index in [9.17, 15) is 18.0 Å². The predicted molar refractivity (Wildman–Crippen MR) is 88.6 cm³/mol. The number of halogens is 4. The molecule has 1 heterocycles. The molecule has 0 radical (unpaired) electrons. The summed E-state index contributed by atoms with van der Waals surface area (Å²) in [6.07, 6.45) is -4.46. The Labute approximate surface area is 145 Å². The van der Waals surface area contributed by atoms with Gasteiger partial charge in [-0.2, -0.15) is 13.2 Å². The lowest BCUT2D eigenvalue weighted by molar-refractivity contribution is -0.137. The van der Waals surface area contributed by atoms with Gasteiger partial charge in [-0.15, -0.1) is 0 Å². The van der Waals surface area contributed by atoms with E-state index in [1.54, 1.807) is 24.3 Å². The molecule has 1 aromatic heterocycles. The normalized spacial score (nSPS) is 11.5. The quantitative estimate of drug-likeness (QED) is 0.623. The van der Waals surface area contributed by atoms with Crippen molar-refractivity contribution < 1.29 is 23.1 Å². The van der Waals surface area contributed by atoms with Gasteiger partial charge in [0, 0.05) is 22.0 Å². The molecule has 2 N–H and O–H groups in total. The van der Waals surface area contributed by atoms with Crippen LogP contribution < -0.4 is 0 Å². The van der Waals surface area contributed by atoms with Gasteiger partial charge in [0.05, 0.1) is 11.1 Å². The van der Waals surface area contributed by atoms with Crippen LogP contribution in [0.1, 0.15) is 15.9 Å². The van der Waals surface area contributed by atoms with Crippen molar-refractivity contribution in [2.24, 2.45) is 0 Å². The van der Waals surface area contributed by atoms with Crippen molar-refractivity contribution in [3.05, 3.63) is 70.7 Å². The highest BCUT2D eigenvalue weighted by Gasteiger charge is 2.31. The standard InChI is InChI=1S/C18H11ClF3NO2/c19-14-6-5-12(18(20,21)22)9-13(14)16-8-7-15(23-16)10-1-3-11(4-2-10)17(24)25/h1-9,23H,(H,24,25). The van der Waals surface area contributed by atoms with Crippen LogP contribution in [0, 0.1) is 0 Å². The number of rotatable bonds is 3. The highest BCUT2D eigenvalue weighted by Crippen LogP contribution is 2.36. The molecule has 0 aliphatic carbocycles. The molecule has 0 atom stereocenters. The van der Waals surface area contributed by atoms with Crippen molar-refractivity contribution in [1.82, 2.24) is 4.98 Å². The molecule has 0 spiro atoms. The topological polar surface area (TPSA) is 53.1 Å². The maximum Gasteiger partial charge on any atom is 0.416 e. The van der Waals surface area contributed by atoms with Gasteiger partial charge in [-0.3, -0.25) is 0 Å². The fraction of sp³-hybridized carbons (Fsp3) is 0.0556. The molecule has 7 heteroatoms. The lowest BCUT2D eigenvalue weighted by Gasteiger charge is -2.09. The molecule has 3 aromatic rings. The van der Waals surface area contributed by atoms with Crippen LogP contribution in [-0.2, 0) is 6.18 Å². The van der Waals surface area contributed by atoms with Crippen LogP contribution in [0.25, 0.3) is 22.5 Å².